The van der Waals surface area contributed by atoms with Crippen molar-refractivity contribution in [2.75, 3.05) is 19.0 Å². The number of carbonyl (C=O) groups is 1. The summed E-state index contributed by atoms with van der Waals surface area (Å²) in [7, 11) is -3.47. The topological polar surface area (TPSA) is 69.7 Å². The summed E-state index contributed by atoms with van der Waals surface area (Å²) in [5.41, 5.74) is 0. The van der Waals surface area contributed by atoms with Crippen LogP contribution in [0.4, 0.5) is 0 Å². The van der Waals surface area contributed by atoms with E-state index in [1.165, 1.54) is 0 Å². The van der Waals surface area contributed by atoms with Crippen molar-refractivity contribution in [3.05, 3.63) is 12.7 Å². The van der Waals surface area contributed by atoms with Gasteiger partial charge >= 0.3 is 5.97 Å². The maximum absolute atomic E-state index is 11.1. The summed E-state index contributed by atoms with van der Waals surface area (Å²) in [5, 5.41) is 0. The van der Waals surface area contributed by atoms with Crippen LogP contribution in [0.5, 0.6) is 0 Å². The second-order valence-corrected chi connectivity index (χ2v) is 4.57. The summed E-state index contributed by atoms with van der Waals surface area (Å²) in [6.45, 7) is 5.28. The Morgan fingerprint density at radius 3 is 2.60 bits per heavy atom. The average Bonchev–Trinajstić information content (AvgIpc) is 2.21. The Bertz CT molecular complexity index is 294. The van der Waals surface area contributed by atoms with E-state index in [-0.39, 0.29) is 25.4 Å². The fourth-order valence-electron chi connectivity index (χ4n) is 0.737. The second kappa shape index (κ2) is 7.42. The van der Waals surface area contributed by atoms with E-state index in [0.29, 0.717) is 6.42 Å². The fraction of sp³-hybridized carbons (Fsp3) is 0.667. The summed E-state index contributed by atoms with van der Waals surface area (Å²) in [4.78, 5) is 10.6. The third kappa shape index (κ3) is 8.14. The molecule has 0 rings (SSSR count). The van der Waals surface area contributed by atoms with Crippen LogP contribution in [-0.2, 0) is 23.8 Å². The Balaban J connectivity index is 3.66. The number of carbonyl (C=O) groups excluding carboxylic acids is 1. The molecular formula is C9H16O5S. The van der Waals surface area contributed by atoms with Gasteiger partial charge in [0.05, 0.1) is 19.0 Å². The highest BCUT2D eigenvalue weighted by molar-refractivity contribution is 7.86. The molecule has 0 aromatic heterocycles. The Hall–Kier alpha value is -0.880. The number of rotatable bonds is 8. The molecule has 5 nitrogen and oxygen atoms in total. The monoisotopic (exact) mass is 236 g/mol. The molecule has 0 saturated heterocycles. The fourth-order valence-corrected chi connectivity index (χ4v) is 1.75. The lowest BCUT2D eigenvalue weighted by atomic mass is 10.5. The minimum absolute atomic E-state index is 0.0551. The van der Waals surface area contributed by atoms with Gasteiger partial charge in [0.25, 0.3) is 10.1 Å². The maximum atomic E-state index is 11.1. The minimum atomic E-state index is -3.47. The number of hydrogen-bond donors (Lipinski definition) is 0. The van der Waals surface area contributed by atoms with Gasteiger partial charge in [0, 0.05) is 6.08 Å². The first-order valence-corrected chi connectivity index (χ1v) is 6.26. The predicted octanol–water partition coefficient (Wildman–Crippen LogP) is 0.862. The van der Waals surface area contributed by atoms with Crippen LogP contribution in [0.3, 0.4) is 0 Å². The van der Waals surface area contributed by atoms with Crippen molar-refractivity contribution in [3.63, 3.8) is 0 Å². The van der Waals surface area contributed by atoms with Gasteiger partial charge in [-0.3, -0.25) is 4.18 Å². The molecule has 0 aromatic carbocycles. The number of ether oxygens (including phenoxy) is 1. The van der Waals surface area contributed by atoms with Gasteiger partial charge in [-0.2, -0.15) is 8.42 Å². The molecule has 0 radical (unpaired) electrons. The zero-order valence-electron chi connectivity index (χ0n) is 8.77. The highest BCUT2D eigenvalue weighted by atomic mass is 32.2. The van der Waals surface area contributed by atoms with Gasteiger partial charge in [0.15, 0.2) is 0 Å². The van der Waals surface area contributed by atoms with Crippen molar-refractivity contribution in [2.24, 2.45) is 0 Å². The van der Waals surface area contributed by atoms with Crippen molar-refractivity contribution in [1.29, 1.82) is 0 Å². The van der Waals surface area contributed by atoms with E-state index in [9.17, 15) is 13.2 Å². The molecule has 0 amide bonds. The van der Waals surface area contributed by atoms with Gasteiger partial charge in [-0.1, -0.05) is 13.5 Å². The van der Waals surface area contributed by atoms with E-state index < -0.39 is 16.1 Å². The van der Waals surface area contributed by atoms with E-state index in [4.69, 9.17) is 0 Å². The lowest BCUT2D eigenvalue weighted by Gasteiger charge is -2.04. The van der Waals surface area contributed by atoms with Crippen molar-refractivity contribution in [2.45, 2.75) is 19.8 Å². The van der Waals surface area contributed by atoms with Crippen LogP contribution < -0.4 is 0 Å². The zero-order valence-corrected chi connectivity index (χ0v) is 9.59. The molecule has 15 heavy (non-hydrogen) atoms. The summed E-state index contributed by atoms with van der Waals surface area (Å²) in [6, 6.07) is 0. The first-order valence-electron chi connectivity index (χ1n) is 4.68. The van der Waals surface area contributed by atoms with Gasteiger partial charge in [0.1, 0.15) is 0 Å². The normalized spacial score (nSPS) is 11.0. The van der Waals surface area contributed by atoms with Gasteiger partial charge in [-0.05, 0) is 12.8 Å². The lowest BCUT2D eigenvalue weighted by molar-refractivity contribution is -0.137. The van der Waals surface area contributed by atoms with Crippen molar-refractivity contribution in [1.82, 2.24) is 0 Å². The van der Waals surface area contributed by atoms with E-state index >= 15 is 0 Å². The highest BCUT2D eigenvalue weighted by Gasteiger charge is 2.10. The number of hydrogen-bond acceptors (Lipinski definition) is 5. The van der Waals surface area contributed by atoms with Crippen LogP contribution in [0.1, 0.15) is 19.8 Å². The summed E-state index contributed by atoms with van der Waals surface area (Å²) in [6.07, 6.45) is 1.90. The quantitative estimate of drug-likeness (QED) is 0.270. The molecule has 6 heteroatoms. The van der Waals surface area contributed by atoms with Crippen LogP contribution in [0.15, 0.2) is 12.7 Å². The van der Waals surface area contributed by atoms with Crippen LogP contribution >= 0.6 is 0 Å². The molecule has 0 saturated carbocycles. The molecule has 0 fully saturated rings. The smallest absolute Gasteiger partial charge is 0.330 e. The number of esters is 1. The molecule has 0 aliphatic carbocycles. The highest BCUT2D eigenvalue weighted by Crippen LogP contribution is 1.98. The molecule has 0 unspecified atom stereocenters. The van der Waals surface area contributed by atoms with Gasteiger partial charge < -0.3 is 4.74 Å². The average molecular weight is 236 g/mol. The van der Waals surface area contributed by atoms with Crippen LogP contribution in [0, 0.1) is 0 Å². The first-order chi connectivity index (χ1) is 7.02. The van der Waals surface area contributed by atoms with Gasteiger partial charge in [-0.15, -0.1) is 0 Å². The lowest BCUT2D eigenvalue weighted by Crippen LogP contribution is -2.13. The van der Waals surface area contributed by atoms with Crippen LogP contribution in [0.25, 0.3) is 0 Å². The van der Waals surface area contributed by atoms with Crippen molar-refractivity contribution >= 4 is 16.1 Å². The van der Waals surface area contributed by atoms with E-state index in [1.54, 1.807) is 0 Å². The Kier molecular flexibility index (Phi) is 6.98. The van der Waals surface area contributed by atoms with E-state index in [2.05, 4.69) is 15.5 Å². The third-order valence-corrected chi connectivity index (χ3v) is 2.73. The Morgan fingerprint density at radius 2 is 2.07 bits per heavy atom. The first kappa shape index (κ1) is 14.1. The molecule has 0 aliphatic heterocycles. The molecule has 0 heterocycles. The predicted molar refractivity (Wildman–Crippen MR) is 55.8 cm³/mol. The van der Waals surface area contributed by atoms with Crippen LogP contribution in [0.2, 0.25) is 0 Å². The Labute approximate surface area is 90.2 Å². The minimum Gasteiger partial charge on any atom is -0.463 e. The summed E-state index contributed by atoms with van der Waals surface area (Å²) < 4.78 is 31.5. The largest absolute Gasteiger partial charge is 0.463 e. The SMILES string of the molecule is C=CC(=O)OCCCS(=O)(=O)OCCC. The molecule has 0 spiro atoms. The van der Waals surface area contributed by atoms with E-state index in [0.717, 1.165) is 6.08 Å². The molecule has 88 valence electrons. The standard InChI is InChI=1S/C9H16O5S/c1-3-6-14-15(11,12)8-5-7-13-9(10)4-2/h4H,2-3,5-8H2,1H3. The molecule has 0 aromatic rings. The zero-order chi connectivity index (χ0) is 11.7. The Morgan fingerprint density at radius 1 is 1.40 bits per heavy atom. The van der Waals surface area contributed by atoms with Crippen molar-refractivity contribution < 1.29 is 22.1 Å². The molecule has 0 aliphatic rings. The molecular weight excluding hydrogens is 220 g/mol. The second-order valence-electron chi connectivity index (χ2n) is 2.81. The van der Waals surface area contributed by atoms with Gasteiger partial charge in [0.2, 0.25) is 0 Å². The van der Waals surface area contributed by atoms with Crippen LogP contribution in [-0.4, -0.2) is 33.4 Å². The van der Waals surface area contributed by atoms with E-state index in [1.807, 2.05) is 6.92 Å². The third-order valence-electron chi connectivity index (χ3n) is 1.42. The summed E-state index contributed by atoms with van der Waals surface area (Å²) >= 11 is 0. The maximum Gasteiger partial charge on any atom is 0.330 e. The van der Waals surface area contributed by atoms with Gasteiger partial charge in [-0.25, -0.2) is 4.79 Å². The molecule has 0 N–H and O–H groups in total. The van der Waals surface area contributed by atoms with Crippen molar-refractivity contribution in [3.8, 4) is 0 Å². The summed E-state index contributed by atoms with van der Waals surface area (Å²) in [5.74, 6) is -0.695. The molecule has 0 atom stereocenters. The molecule has 0 bridgehead atoms.